The summed E-state index contributed by atoms with van der Waals surface area (Å²) in [4.78, 5) is 0. The molecule has 5 heteroatoms. The van der Waals surface area contributed by atoms with Crippen molar-refractivity contribution < 1.29 is 22.4 Å². The van der Waals surface area contributed by atoms with E-state index in [0.29, 0.717) is 27.1 Å². The lowest BCUT2D eigenvalue weighted by atomic mass is 9.80. The maximum Gasteiger partial charge on any atom is 0.0782 e. The molecule has 0 unspecified atom stereocenters. The first-order valence-electron chi connectivity index (χ1n) is 29.2. The van der Waals surface area contributed by atoms with Crippen molar-refractivity contribution >= 4 is 0 Å². The molecule has 0 heterocycles. The van der Waals surface area contributed by atoms with Gasteiger partial charge in [-0.25, -0.2) is 0 Å². The van der Waals surface area contributed by atoms with Gasteiger partial charge in [0.25, 0.3) is 0 Å². The molecule has 0 radical (unpaired) electrons. The normalized spacial score (nSPS) is 13.1. The van der Waals surface area contributed by atoms with E-state index in [0.717, 1.165) is 17.9 Å². The quantitative estimate of drug-likeness (QED) is 0.0870. The summed E-state index contributed by atoms with van der Waals surface area (Å²) in [6, 6.07) is 21.7. The second-order valence-electron chi connectivity index (χ2n) is 30.4. The van der Waals surface area contributed by atoms with E-state index < -0.39 is 0 Å². The van der Waals surface area contributed by atoms with Gasteiger partial charge in [0.2, 0.25) is 0 Å². The lowest BCUT2D eigenvalue weighted by Crippen LogP contribution is -2.41. The Bertz CT molecular complexity index is 1510. The van der Waals surface area contributed by atoms with Gasteiger partial charge in [0.15, 0.2) is 0 Å². The number of rotatable bonds is 25. The molecule has 2 rings (SSSR count). The van der Waals surface area contributed by atoms with Crippen LogP contribution in [0.15, 0.2) is 60.7 Å². The van der Waals surface area contributed by atoms with Gasteiger partial charge in [0.1, 0.15) is 0 Å². The fraction of sp³-hybridized carbons (Fsp3) is 0.818. The summed E-state index contributed by atoms with van der Waals surface area (Å²) >= 11 is 0. The van der Waals surface area contributed by atoms with E-state index in [1.807, 2.05) is 0 Å². The number of hydrogen-bond donors (Lipinski definition) is 0. The summed E-state index contributed by atoms with van der Waals surface area (Å²) in [6.45, 7) is 50.9. The van der Waals surface area contributed by atoms with Gasteiger partial charge in [-0.1, -0.05) is 164 Å². The van der Waals surface area contributed by atoms with Crippen molar-refractivity contribution in [3.05, 3.63) is 71.8 Å². The topological polar surface area (TPSA) is 0 Å². The lowest BCUT2D eigenvalue weighted by molar-refractivity contribution is -0.890. The zero-order chi connectivity index (χ0) is 56.1. The molecule has 0 bridgehead atoms. The van der Waals surface area contributed by atoms with Crippen LogP contribution in [0.5, 0.6) is 0 Å². The molecule has 0 saturated heterocycles. The number of unbranched alkanes of at least 4 members (excludes halogenated alkanes) is 1. The third kappa shape index (κ3) is 46.5. The van der Waals surface area contributed by atoms with E-state index >= 15 is 0 Å². The van der Waals surface area contributed by atoms with Crippen LogP contribution in [0.1, 0.15) is 206 Å². The summed E-state index contributed by atoms with van der Waals surface area (Å²) in [7, 11) is 25.4. The molecule has 0 saturated carbocycles. The molecule has 0 aliphatic rings. The number of hydrogen-bond acceptors (Lipinski definition) is 0. The first-order chi connectivity index (χ1) is 32.0. The third-order valence-corrected chi connectivity index (χ3v) is 15.1. The van der Waals surface area contributed by atoms with Crippen molar-refractivity contribution in [2.75, 3.05) is 136 Å². The van der Waals surface area contributed by atoms with Gasteiger partial charge in [0.05, 0.1) is 136 Å². The molecule has 0 spiro atoms. The second-order valence-corrected chi connectivity index (χ2v) is 30.4. The molecular formula is C66H136N5+5. The molecule has 0 atom stereocenters. The summed E-state index contributed by atoms with van der Waals surface area (Å²) in [5, 5.41) is 0. The van der Waals surface area contributed by atoms with E-state index in [4.69, 9.17) is 0 Å². The molecule has 0 aliphatic carbocycles. The Morgan fingerprint density at radius 1 is 0.296 bits per heavy atom. The minimum atomic E-state index is 0.301. The highest BCUT2D eigenvalue weighted by molar-refractivity contribution is 5.24. The van der Waals surface area contributed by atoms with Crippen LogP contribution in [-0.4, -0.2) is 159 Å². The molecule has 0 N–H and O–H groups in total. The van der Waals surface area contributed by atoms with Gasteiger partial charge < -0.3 is 22.4 Å². The fourth-order valence-electron chi connectivity index (χ4n) is 8.30. The van der Waals surface area contributed by atoms with Gasteiger partial charge in [-0.3, -0.25) is 0 Å². The van der Waals surface area contributed by atoms with E-state index in [-0.39, 0.29) is 0 Å². The van der Waals surface area contributed by atoms with Crippen LogP contribution in [0.3, 0.4) is 0 Å². The molecule has 2 aromatic carbocycles. The molecule has 71 heavy (non-hydrogen) atoms. The highest BCUT2D eigenvalue weighted by Gasteiger charge is 2.23. The summed E-state index contributed by atoms with van der Waals surface area (Å²) in [5.41, 5.74) is 5.04. The minimum Gasteiger partial charge on any atom is -0.331 e. The molecule has 0 aromatic heterocycles. The van der Waals surface area contributed by atoms with Crippen molar-refractivity contribution in [1.29, 1.82) is 0 Å². The molecule has 0 amide bonds. The standard InChI is InChI=1S/C16H28N.C15H26N.C13H30N.2C11H26N/c1-6-17(4,5)14-10-13-16(2,3)15-11-8-7-9-12-15;1-15(2,12-9-13-16(3,4)5)14-10-7-6-8-11-14;1-7-8-11-14(5,6)12-9-10-13(2,3)4;2*1-7-12(5,6)10-8-9-11(2,3)4/h7-9,11-12H,6,10,13-14H2,1-5H3;6-8,10-11H,9,12-13H2,1-5H3;7-12H2,1-6H3;2*7-10H2,1-6H3/q5*+1. The molecule has 0 fully saturated rings. The van der Waals surface area contributed by atoms with Gasteiger partial charge in [-0.2, -0.15) is 0 Å². The Labute approximate surface area is 450 Å². The van der Waals surface area contributed by atoms with Crippen LogP contribution in [0, 0.1) is 16.2 Å². The van der Waals surface area contributed by atoms with Gasteiger partial charge in [-0.15, -0.1) is 0 Å². The number of benzene rings is 2. The number of quaternary nitrogens is 5. The average molecular weight is 1000 g/mol. The van der Waals surface area contributed by atoms with Crippen LogP contribution in [0.25, 0.3) is 0 Å². The van der Waals surface area contributed by atoms with Crippen molar-refractivity contribution in [3.8, 4) is 0 Å². The Hall–Kier alpha value is -1.76. The Morgan fingerprint density at radius 2 is 0.535 bits per heavy atom. The first-order valence-corrected chi connectivity index (χ1v) is 29.2. The Morgan fingerprint density at radius 3 is 0.775 bits per heavy atom. The van der Waals surface area contributed by atoms with Crippen LogP contribution in [0.4, 0.5) is 0 Å². The fourth-order valence-corrected chi connectivity index (χ4v) is 8.30. The van der Waals surface area contributed by atoms with Crippen molar-refractivity contribution in [1.82, 2.24) is 0 Å². The lowest BCUT2D eigenvalue weighted by Gasteiger charge is -2.31. The third-order valence-electron chi connectivity index (χ3n) is 15.1. The van der Waals surface area contributed by atoms with Gasteiger partial charge >= 0.3 is 0 Å². The zero-order valence-electron chi connectivity index (χ0n) is 54.4. The average Bonchev–Trinajstić information content (AvgIpc) is 3.22. The maximum absolute atomic E-state index is 2.36. The smallest absolute Gasteiger partial charge is 0.0782 e. The Balaban J connectivity index is -0.000000821. The molecule has 420 valence electrons. The predicted molar refractivity (Wildman–Crippen MR) is 326 cm³/mol. The summed E-state index contributed by atoms with van der Waals surface area (Å²) < 4.78 is 5.71. The minimum absolute atomic E-state index is 0.301. The molecule has 0 aliphatic heterocycles. The van der Waals surface area contributed by atoms with Gasteiger partial charge in [0, 0.05) is 0 Å². The number of nitrogens with zero attached hydrogens (tertiary/aromatic N) is 5. The first kappa shape index (κ1) is 73.5. The van der Waals surface area contributed by atoms with E-state index in [9.17, 15) is 0 Å². The summed E-state index contributed by atoms with van der Waals surface area (Å²) in [6.07, 6.45) is 15.9. The highest BCUT2D eigenvalue weighted by atomic mass is 15.3. The second kappa shape index (κ2) is 34.0. The largest absolute Gasteiger partial charge is 0.331 e. The van der Waals surface area contributed by atoms with Crippen molar-refractivity contribution in [2.45, 2.75) is 206 Å². The summed E-state index contributed by atoms with van der Waals surface area (Å²) in [5.74, 6) is 0. The van der Waals surface area contributed by atoms with Crippen LogP contribution < -0.4 is 0 Å². The van der Waals surface area contributed by atoms with Crippen LogP contribution >= 0.6 is 0 Å². The zero-order valence-corrected chi connectivity index (χ0v) is 54.4. The molecule has 5 nitrogen and oxygen atoms in total. The van der Waals surface area contributed by atoms with E-state index in [2.05, 4.69) is 256 Å². The Kier molecular flexibility index (Phi) is 35.2. The van der Waals surface area contributed by atoms with Crippen LogP contribution in [-0.2, 0) is 10.8 Å². The maximum atomic E-state index is 2.36. The van der Waals surface area contributed by atoms with E-state index in [1.165, 1.54) is 152 Å². The van der Waals surface area contributed by atoms with Crippen molar-refractivity contribution in [2.24, 2.45) is 16.2 Å². The van der Waals surface area contributed by atoms with Crippen molar-refractivity contribution in [3.63, 3.8) is 0 Å². The molecule has 2 aromatic rings. The monoisotopic (exact) mass is 999 g/mol. The van der Waals surface area contributed by atoms with Crippen LogP contribution in [0.2, 0.25) is 0 Å². The van der Waals surface area contributed by atoms with E-state index in [1.54, 1.807) is 0 Å². The molecular weight excluding hydrogens is 863 g/mol. The SMILES string of the molecule is CC(C)(CCC[N+](C)(C)C)c1ccccc1.CCCC[N+](C)(C)CCCC(C)(C)C.CC[N+](C)(C)CCCC(C)(C)C.CC[N+](C)(C)CCCC(C)(C)C.CC[N+](C)(C)CCCC(C)(C)c1ccccc1. The van der Waals surface area contributed by atoms with Gasteiger partial charge in [-0.05, 0) is 130 Å². The highest BCUT2D eigenvalue weighted by Crippen LogP contribution is 2.30. The predicted octanol–water partition coefficient (Wildman–Crippen LogP) is 16.8.